The smallest absolute Gasteiger partial charge is 0.194 e. The zero-order valence-corrected chi connectivity index (χ0v) is 7.72. The van der Waals surface area contributed by atoms with E-state index >= 15 is 0 Å². The first-order valence-electron chi connectivity index (χ1n) is 3.96. The minimum Gasteiger partial charge on any atom is -0.618 e. The van der Waals surface area contributed by atoms with Gasteiger partial charge < -0.3 is 10.9 Å². The lowest BCUT2D eigenvalue weighted by Gasteiger charge is -2.10. The van der Waals surface area contributed by atoms with Crippen LogP contribution >= 0.6 is 0 Å². The Morgan fingerprint density at radius 2 is 2.00 bits per heavy atom. The van der Waals surface area contributed by atoms with Crippen LogP contribution in [0.1, 0.15) is 22.4 Å². The molecule has 0 fully saturated rings. The van der Waals surface area contributed by atoms with Crippen molar-refractivity contribution in [3.63, 3.8) is 0 Å². The molecule has 1 aromatic heterocycles. The maximum Gasteiger partial charge on any atom is 0.194 e. The van der Waals surface area contributed by atoms with Crippen LogP contribution in [0.15, 0.2) is 6.20 Å². The number of aryl methyl sites for hydroxylation is 1. The van der Waals surface area contributed by atoms with Crippen molar-refractivity contribution in [3.05, 3.63) is 33.8 Å². The van der Waals surface area contributed by atoms with Gasteiger partial charge in [0.25, 0.3) is 0 Å². The molecule has 0 unspecified atom stereocenters. The van der Waals surface area contributed by atoms with Crippen molar-refractivity contribution in [2.45, 2.75) is 27.3 Å². The third kappa shape index (κ3) is 1.28. The SMILES string of the molecule is Cc1c[n+]([O-])c(C)c(CN)c1C. The van der Waals surface area contributed by atoms with Crippen LogP contribution in [-0.2, 0) is 6.54 Å². The molecule has 0 aliphatic heterocycles. The fraction of sp³-hybridized carbons (Fsp3) is 0.444. The van der Waals surface area contributed by atoms with Gasteiger partial charge in [-0.05, 0) is 19.4 Å². The van der Waals surface area contributed by atoms with Crippen molar-refractivity contribution in [2.75, 3.05) is 0 Å². The van der Waals surface area contributed by atoms with Crippen molar-refractivity contribution in [2.24, 2.45) is 5.73 Å². The summed E-state index contributed by atoms with van der Waals surface area (Å²) in [5, 5.41) is 11.2. The monoisotopic (exact) mass is 166 g/mol. The van der Waals surface area contributed by atoms with Crippen LogP contribution in [0.3, 0.4) is 0 Å². The quantitative estimate of drug-likeness (QED) is 0.493. The zero-order valence-electron chi connectivity index (χ0n) is 7.72. The number of hydrogen-bond acceptors (Lipinski definition) is 2. The second kappa shape index (κ2) is 3.11. The third-order valence-electron chi connectivity index (χ3n) is 2.33. The molecule has 1 rings (SSSR count). The average Bonchev–Trinajstić information content (AvgIpc) is 2.02. The van der Waals surface area contributed by atoms with Crippen molar-refractivity contribution in [3.8, 4) is 0 Å². The topological polar surface area (TPSA) is 53.0 Å². The molecule has 0 saturated heterocycles. The molecule has 0 atom stereocenters. The highest BCUT2D eigenvalue weighted by molar-refractivity contribution is 5.31. The molecule has 0 aromatic carbocycles. The van der Waals surface area contributed by atoms with E-state index in [-0.39, 0.29) is 0 Å². The molecule has 0 bridgehead atoms. The Kier molecular flexibility index (Phi) is 2.33. The minimum absolute atomic E-state index is 0.432. The number of nitrogens with two attached hydrogens (primary N) is 1. The Morgan fingerprint density at radius 1 is 1.42 bits per heavy atom. The first kappa shape index (κ1) is 9.00. The molecule has 2 N–H and O–H groups in total. The third-order valence-corrected chi connectivity index (χ3v) is 2.33. The van der Waals surface area contributed by atoms with Crippen LogP contribution in [0.4, 0.5) is 0 Å². The molecule has 0 aliphatic carbocycles. The van der Waals surface area contributed by atoms with Gasteiger partial charge in [0.15, 0.2) is 11.9 Å². The largest absolute Gasteiger partial charge is 0.618 e. The highest BCUT2D eigenvalue weighted by atomic mass is 16.5. The fourth-order valence-electron chi connectivity index (χ4n) is 1.31. The molecular formula is C9H14N2O. The van der Waals surface area contributed by atoms with E-state index in [2.05, 4.69) is 0 Å². The molecule has 1 heterocycles. The van der Waals surface area contributed by atoms with Crippen molar-refractivity contribution >= 4 is 0 Å². The van der Waals surface area contributed by atoms with Gasteiger partial charge in [0.1, 0.15) is 0 Å². The van der Waals surface area contributed by atoms with E-state index in [0.717, 1.165) is 21.4 Å². The predicted octanol–water partition coefficient (Wildman–Crippen LogP) is 0.704. The predicted molar refractivity (Wildman–Crippen MR) is 47.5 cm³/mol. The summed E-state index contributed by atoms with van der Waals surface area (Å²) < 4.78 is 0.879. The number of rotatable bonds is 1. The average molecular weight is 166 g/mol. The first-order valence-corrected chi connectivity index (χ1v) is 3.96. The second-order valence-corrected chi connectivity index (χ2v) is 3.03. The summed E-state index contributed by atoms with van der Waals surface area (Å²) in [6, 6.07) is 0. The van der Waals surface area contributed by atoms with E-state index < -0.39 is 0 Å². The summed E-state index contributed by atoms with van der Waals surface area (Å²) in [7, 11) is 0. The molecule has 66 valence electrons. The Hall–Kier alpha value is -1.09. The normalized spacial score (nSPS) is 10.3. The van der Waals surface area contributed by atoms with Gasteiger partial charge in [-0.15, -0.1) is 0 Å². The first-order chi connectivity index (χ1) is 5.57. The van der Waals surface area contributed by atoms with Gasteiger partial charge in [0.05, 0.1) is 0 Å². The van der Waals surface area contributed by atoms with Gasteiger partial charge >= 0.3 is 0 Å². The van der Waals surface area contributed by atoms with E-state index in [9.17, 15) is 5.21 Å². The van der Waals surface area contributed by atoms with Gasteiger partial charge in [0.2, 0.25) is 0 Å². The summed E-state index contributed by atoms with van der Waals surface area (Å²) >= 11 is 0. The molecule has 0 saturated carbocycles. The Morgan fingerprint density at radius 3 is 2.50 bits per heavy atom. The highest BCUT2D eigenvalue weighted by Crippen LogP contribution is 2.12. The number of aromatic nitrogens is 1. The van der Waals surface area contributed by atoms with Crippen LogP contribution in [0.5, 0.6) is 0 Å². The van der Waals surface area contributed by atoms with Gasteiger partial charge in [-0.1, -0.05) is 0 Å². The summed E-state index contributed by atoms with van der Waals surface area (Å²) in [6.07, 6.45) is 1.59. The maximum atomic E-state index is 11.2. The standard InChI is InChI=1S/C9H14N2O/c1-6-5-11(12)8(3)9(4-10)7(6)2/h5H,4,10H2,1-3H3. The van der Waals surface area contributed by atoms with E-state index in [1.165, 1.54) is 0 Å². The molecule has 3 nitrogen and oxygen atoms in total. The van der Waals surface area contributed by atoms with Crippen LogP contribution in [0.2, 0.25) is 0 Å². The molecule has 12 heavy (non-hydrogen) atoms. The molecule has 0 radical (unpaired) electrons. The molecule has 0 amide bonds. The summed E-state index contributed by atoms with van der Waals surface area (Å²) in [4.78, 5) is 0. The lowest BCUT2D eigenvalue weighted by Crippen LogP contribution is -2.32. The van der Waals surface area contributed by atoms with Gasteiger partial charge in [0, 0.05) is 24.6 Å². The van der Waals surface area contributed by atoms with Gasteiger partial charge in [-0.25, -0.2) is 0 Å². The van der Waals surface area contributed by atoms with Crippen LogP contribution < -0.4 is 10.5 Å². The molecular weight excluding hydrogens is 152 g/mol. The lowest BCUT2D eigenvalue weighted by molar-refractivity contribution is -0.613. The van der Waals surface area contributed by atoms with E-state index in [1.807, 2.05) is 13.8 Å². The molecule has 0 aliphatic rings. The zero-order chi connectivity index (χ0) is 9.30. The number of nitrogens with zero attached hydrogens (tertiary/aromatic N) is 1. The van der Waals surface area contributed by atoms with Crippen molar-refractivity contribution in [1.29, 1.82) is 0 Å². The van der Waals surface area contributed by atoms with E-state index in [0.29, 0.717) is 12.2 Å². The van der Waals surface area contributed by atoms with Crippen LogP contribution in [-0.4, -0.2) is 0 Å². The van der Waals surface area contributed by atoms with Crippen LogP contribution in [0, 0.1) is 26.0 Å². The second-order valence-electron chi connectivity index (χ2n) is 3.03. The Labute approximate surface area is 72.4 Å². The Balaban J connectivity index is 3.42. The van der Waals surface area contributed by atoms with Gasteiger partial charge in [-0.3, -0.25) is 0 Å². The maximum absolute atomic E-state index is 11.2. The van der Waals surface area contributed by atoms with E-state index in [4.69, 9.17) is 5.73 Å². The Bertz CT molecular complexity index is 282. The van der Waals surface area contributed by atoms with Gasteiger partial charge in [-0.2, -0.15) is 4.73 Å². The van der Waals surface area contributed by atoms with Crippen molar-refractivity contribution in [1.82, 2.24) is 0 Å². The van der Waals surface area contributed by atoms with Crippen LogP contribution in [0.25, 0.3) is 0 Å². The number of pyridine rings is 1. The summed E-state index contributed by atoms with van der Waals surface area (Å²) in [5.74, 6) is 0. The molecule has 1 aromatic rings. The summed E-state index contributed by atoms with van der Waals surface area (Å²) in [6.45, 7) is 6.14. The summed E-state index contributed by atoms with van der Waals surface area (Å²) in [5.41, 5.74) is 9.33. The fourth-order valence-corrected chi connectivity index (χ4v) is 1.31. The highest BCUT2D eigenvalue weighted by Gasteiger charge is 2.11. The number of hydrogen-bond donors (Lipinski definition) is 1. The molecule has 3 heteroatoms. The van der Waals surface area contributed by atoms with E-state index in [1.54, 1.807) is 13.1 Å². The van der Waals surface area contributed by atoms with Crippen molar-refractivity contribution < 1.29 is 4.73 Å². The minimum atomic E-state index is 0.432. The lowest BCUT2D eigenvalue weighted by atomic mass is 10.0. The molecule has 0 spiro atoms.